The van der Waals surface area contributed by atoms with E-state index in [0.29, 0.717) is 17.9 Å². The summed E-state index contributed by atoms with van der Waals surface area (Å²) in [6.07, 6.45) is 4.27. The van der Waals surface area contributed by atoms with E-state index in [1.807, 2.05) is 24.3 Å². The third kappa shape index (κ3) is 1.18. The summed E-state index contributed by atoms with van der Waals surface area (Å²) < 4.78 is 11.0. The van der Waals surface area contributed by atoms with Gasteiger partial charge in [-0.1, -0.05) is 25.1 Å². The van der Waals surface area contributed by atoms with Crippen LogP contribution in [0.15, 0.2) is 36.6 Å². The van der Waals surface area contributed by atoms with Gasteiger partial charge in [0.15, 0.2) is 0 Å². The van der Waals surface area contributed by atoms with Crippen LogP contribution in [-0.4, -0.2) is 5.97 Å². The van der Waals surface area contributed by atoms with Crippen molar-refractivity contribution in [3.8, 4) is 0 Å². The summed E-state index contributed by atoms with van der Waals surface area (Å²) >= 11 is 0. The zero-order chi connectivity index (χ0) is 11.2. The van der Waals surface area contributed by atoms with Crippen LogP contribution in [0.25, 0.3) is 0 Å². The van der Waals surface area contributed by atoms with Crippen LogP contribution in [0.2, 0.25) is 0 Å². The molecule has 0 aliphatic carbocycles. The Bertz CT molecular complexity index is 478. The van der Waals surface area contributed by atoms with Crippen molar-refractivity contribution in [1.82, 2.24) is 0 Å². The zero-order valence-corrected chi connectivity index (χ0v) is 8.97. The van der Waals surface area contributed by atoms with Crippen molar-refractivity contribution in [3.63, 3.8) is 0 Å². The highest BCUT2D eigenvalue weighted by Crippen LogP contribution is 2.44. The largest absolute Gasteiger partial charge is 0.456 e. The number of allylic oxidation sites excluding steroid dienone is 1. The Morgan fingerprint density at radius 3 is 3.00 bits per heavy atom. The number of carbonyl (C=O) groups excluding carboxylic acids is 1. The van der Waals surface area contributed by atoms with Crippen LogP contribution in [0.5, 0.6) is 0 Å². The molecule has 1 aromatic rings. The lowest BCUT2D eigenvalue weighted by molar-refractivity contribution is -0.185. The minimum atomic E-state index is -0.887. The van der Waals surface area contributed by atoms with E-state index in [1.54, 1.807) is 12.3 Å². The van der Waals surface area contributed by atoms with E-state index in [2.05, 4.69) is 6.92 Å². The second kappa shape index (κ2) is 3.11. The molecule has 2 atom stereocenters. The maximum Gasteiger partial charge on any atom is 0.342 e. The van der Waals surface area contributed by atoms with Crippen molar-refractivity contribution in [3.05, 3.63) is 47.7 Å². The summed E-state index contributed by atoms with van der Waals surface area (Å²) in [4.78, 5) is 11.7. The van der Waals surface area contributed by atoms with E-state index in [-0.39, 0.29) is 5.97 Å². The van der Waals surface area contributed by atoms with Gasteiger partial charge in [0.1, 0.15) is 0 Å². The summed E-state index contributed by atoms with van der Waals surface area (Å²) in [6.45, 7) is 2.08. The number of hydrogen-bond acceptors (Lipinski definition) is 3. The van der Waals surface area contributed by atoms with E-state index < -0.39 is 5.79 Å². The van der Waals surface area contributed by atoms with Crippen LogP contribution in [0.3, 0.4) is 0 Å². The predicted octanol–water partition coefficient (Wildman–Crippen LogP) is 2.58. The van der Waals surface area contributed by atoms with Crippen molar-refractivity contribution in [2.45, 2.75) is 19.1 Å². The molecule has 0 saturated heterocycles. The normalized spacial score (nSPS) is 31.1. The first kappa shape index (κ1) is 9.46. The van der Waals surface area contributed by atoms with E-state index in [9.17, 15) is 4.79 Å². The summed E-state index contributed by atoms with van der Waals surface area (Å²) in [5.41, 5.74) is 1.46. The van der Waals surface area contributed by atoms with Crippen LogP contribution in [0.4, 0.5) is 0 Å². The molecule has 0 bridgehead atoms. The minimum absolute atomic E-state index is 0.293. The topological polar surface area (TPSA) is 35.5 Å². The molecule has 0 saturated carbocycles. The minimum Gasteiger partial charge on any atom is -0.456 e. The molecule has 0 unspecified atom stereocenters. The van der Waals surface area contributed by atoms with Crippen LogP contribution in [0, 0.1) is 5.92 Å². The molecule has 1 aromatic carbocycles. The van der Waals surface area contributed by atoms with Gasteiger partial charge in [0.2, 0.25) is 0 Å². The van der Waals surface area contributed by atoms with Crippen LogP contribution >= 0.6 is 0 Å². The van der Waals surface area contributed by atoms with E-state index in [0.717, 1.165) is 5.56 Å². The number of carbonyl (C=O) groups is 1. The standard InChI is InChI=1S/C13H12O3/c1-9-6-7-15-13(8-9)11-5-3-2-4-10(11)12(14)16-13/h2-7,9H,8H2,1H3/t9-,13-/m1/s1. The molecule has 0 amide bonds. The second-order valence-electron chi connectivity index (χ2n) is 4.32. The maximum absolute atomic E-state index is 11.7. The Morgan fingerprint density at radius 2 is 2.19 bits per heavy atom. The van der Waals surface area contributed by atoms with Gasteiger partial charge in [-0.15, -0.1) is 0 Å². The van der Waals surface area contributed by atoms with Crippen molar-refractivity contribution in [2.75, 3.05) is 0 Å². The molecule has 0 aromatic heterocycles. The van der Waals surface area contributed by atoms with Gasteiger partial charge in [-0.3, -0.25) is 0 Å². The predicted molar refractivity (Wildman–Crippen MR) is 57.5 cm³/mol. The summed E-state index contributed by atoms with van der Waals surface area (Å²) in [5, 5.41) is 0. The quantitative estimate of drug-likeness (QED) is 0.625. The molecular formula is C13H12O3. The fourth-order valence-corrected chi connectivity index (χ4v) is 2.32. The molecule has 3 nitrogen and oxygen atoms in total. The average molecular weight is 216 g/mol. The Labute approximate surface area is 93.7 Å². The molecule has 0 radical (unpaired) electrons. The van der Waals surface area contributed by atoms with Crippen molar-refractivity contribution >= 4 is 5.97 Å². The fraction of sp³-hybridized carbons (Fsp3) is 0.308. The van der Waals surface area contributed by atoms with Crippen molar-refractivity contribution in [2.24, 2.45) is 5.92 Å². The van der Waals surface area contributed by atoms with Gasteiger partial charge in [0.05, 0.1) is 17.4 Å². The highest BCUT2D eigenvalue weighted by Gasteiger charge is 2.48. The Hall–Kier alpha value is -1.77. The van der Waals surface area contributed by atoms with Gasteiger partial charge >= 0.3 is 5.97 Å². The lowest BCUT2D eigenvalue weighted by Crippen LogP contribution is -2.32. The van der Waals surface area contributed by atoms with E-state index in [1.165, 1.54) is 0 Å². The highest BCUT2D eigenvalue weighted by molar-refractivity contribution is 5.94. The molecule has 82 valence electrons. The number of benzene rings is 1. The van der Waals surface area contributed by atoms with Crippen LogP contribution < -0.4 is 0 Å². The number of ether oxygens (including phenoxy) is 2. The van der Waals surface area contributed by atoms with Crippen LogP contribution in [-0.2, 0) is 15.3 Å². The molecule has 0 N–H and O–H groups in total. The smallest absolute Gasteiger partial charge is 0.342 e. The first-order valence-electron chi connectivity index (χ1n) is 5.39. The highest BCUT2D eigenvalue weighted by atomic mass is 16.7. The lowest BCUT2D eigenvalue weighted by Gasteiger charge is -2.32. The Morgan fingerprint density at radius 1 is 1.38 bits per heavy atom. The molecular weight excluding hydrogens is 204 g/mol. The van der Waals surface area contributed by atoms with E-state index >= 15 is 0 Å². The summed E-state index contributed by atoms with van der Waals surface area (Å²) in [7, 11) is 0. The second-order valence-corrected chi connectivity index (χ2v) is 4.32. The molecule has 3 heteroatoms. The van der Waals surface area contributed by atoms with Gasteiger partial charge in [0.25, 0.3) is 5.79 Å². The first-order valence-corrected chi connectivity index (χ1v) is 5.39. The zero-order valence-electron chi connectivity index (χ0n) is 8.97. The third-order valence-electron chi connectivity index (χ3n) is 3.07. The number of rotatable bonds is 0. The molecule has 2 aliphatic heterocycles. The van der Waals surface area contributed by atoms with Gasteiger partial charge < -0.3 is 9.47 Å². The number of esters is 1. The van der Waals surface area contributed by atoms with Gasteiger partial charge in [-0.25, -0.2) is 4.79 Å². The third-order valence-corrected chi connectivity index (χ3v) is 3.07. The van der Waals surface area contributed by atoms with Gasteiger partial charge in [0, 0.05) is 6.42 Å². The van der Waals surface area contributed by atoms with Crippen LogP contribution in [0.1, 0.15) is 29.3 Å². The van der Waals surface area contributed by atoms with Gasteiger partial charge in [-0.05, 0) is 18.1 Å². The monoisotopic (exact) mass is 216 g/mol. The maximum atomic E-state index is 11.7. The Kier molecular flexibility index (Phi) is 1.84. The first-order chi connectivity index (χ1) is 7.71. The Balaban J connectivity index is 2.12. The molecule has 2 heterocycles. The molecule has 2 aliphatic rings. The number of hydrogen-bond donors (Lipinski definition) is 0. The van der Waals surface area contributed by atoms with E-state index in [4.69, 9.17) is 9.47 Å². The average Bonchev–Trinajstić information content (AvgIpc) is 2.53. The fourth-order valence-electron chi connectivity index (χ4n) is 2.32. The molecule has 1 spiro atoms. The molecule has 0 fully saturated rings. The summed E-state index contributed by atoms with van der Waals surface area (Å²) in [6, 6.07) is 7.40. The number of fused-ring (bicyclic) bond motifs is 2. The van der Waals surface area contributed by atoms with Crippen molar-refractivity contribution in [1.29, 1.82) is 0 Å². The summed E-state index contributed by atoms with van der Waals surface area (Å²) in [5.74, 6) is -0.840. The molecule has 3 rings (SSSR count). The van der Waals surface area contributed by atoms with Gasteiger partial charge in [-0.2, -0.15) is 0 Å². The SMILES string of the molecule is C[C@@H]1C=CO[C@]2(C1)OC(=O)c1ccccc12. The molecule has 16 heavy (non-hydrogen) atoms. The lowest BCUT2D eigenvalue weighted by atomic mass is 9.92. The van der Waals surface area contributed by atoms with Crippen molar-refractivity contribution < 1.29 is 14.3 Å².